The van der Waals surface area contributed by atoms with E-state index in [0.717, 1.165) is 81.2 Å². The minimum absolute atomic E-state index is 0.257. The Morgan fingerprint density at radius 2 is 1.64 bits per heavy atom. The molecule has 0 aliphatic heterocycles. The molecule has 1 amide bonds. The third-order valence-corrected chi connectivity index (χ3v) is 13.0. The molecular formula is C37H68N4O. The fraction of sp³-hybridized carbons (Fsp3) is 0.919. The van der Waals surface area contributed by atoms with Crippen LogP contribution in [-0.4, -0.2) is 64.2 Å². The molecule has 3 saturated carbocycles. The van der Waals surface area contributed by atoms with E-state index < -0.39 is 0 Å². The number of fused-ring (bicyclic) bond motifs is 5. The molecule has 42 heavy (non-hydrogen) atoms. The zero-order valence-electron chi connectivity index (χ0n) is 28.7. The monoisotopic (exact) mass is 585 g/mol. The second-order valence-corrected chi connectivity index (χ2v) is 16.0. The molecule has 4 rings (SSSR count). The summed E-state index contributed by atoms with van der Waals surface area (Å²) in [5.41, 5.74) is 2.66. The van der Waals surface area contributed by atoms with Crippen molar-refractivity contribution >= 4 is 5.91 Å². The molecule has 242 valence electrons. The molecule has 0 aromatic rings. The molecule has 0 saturated heterocycles. The number of likely N-dealkylation sites (N-methyl/N-ethyl adjacent to an activating group) is 2. The third kappa shape index (κ3) is 7.83. The van der Waals surface area contributed by atoms with Gasteiger partial charge in [0.15, 0.2) is 0 Å². The van der Waals surface area contributed by atoms with Gasteiger partial charge in [-0.05, 0) is 118 Å². The Hall–Kier alpha value is -0.910. The fourth-order valence-electron chi connectivity index (χ4n) is 10.5. The van der Waals surface area contributed by atoms with E-state index in [-0.39, 0.29) is 5.91 Å². The van der Waals surface area contributed by atoms with Crippen LogP contribution in [0.1, 0.15) is 112 Å². The van der Waals surface area contributed by atoms with Gasteiger partial charge in [0.05, 0.1) is 0 Å². The van der Waals surface area contributed by atoms with Crippen LogP contribution in [-0.2, 0) is 4.79 Å². The number of carbonyl (C=O) groups is 1. The lowest BCUT2D eigenvalue weighted by Gasteiger charge is -2.58. The molecule has 5 nitrogen and oxygen atoms in total. The summed E-state index contributed by atoms with van der Waals surface area (Å²) in [6.45, 7) is 18.3. The summed E-state index contributed by atoms with van der Waals surface area (Å²) in [5, 5.41) is 9.75. The van der Waals surface area contributed by atoms with Gasteiger partial charge in [0.1, 0.15) is 0 Å². The van der Waals surface area contributed by atoms with E-state index >= 15 is 0 Å². The van der Waals surface area contributed by atoms with Gasteiger partial charge in [0, 0.05) is 45.7 Å². The van der Waals surface area contributed by atoms with Crippen molar-refractivity contribution in [2.75, 3.05) is 53.4 Å². The predicted octanol–water partition coefficient (Wildman–Crippen LogP) is 6.89. The number of carbonyl (C=O) groups excluding carboxylic acids is 1. The Morgan fingerprint density at radius 1 is 0.929 bits per heavy atom. The van der Waals surface area contributed by atoms with E-state index in [1.165, 1.54) is 64.2 Å². The zero-order chi connectivity index (χ0) is 30.3. The second-order valence-electron chi connectivity index (χ2n) is 16.0. The van der Waals surface area contributed by atoms with Gasteiger partial charge < -0.3 is 16.0 Å². The summed E-state index contributed by atoms with van der Waals surface area (Å²) in [4.78, 5) is 15.4. The maximum atomic E-state index is 13.0. The Bertz CT molecular complexity index is 879. The summed E-state index contributed by atoms with van der Waals surface area (Å²) < 4.78 is 0. The molecule has 5 heteroatoms. The van der Waals surface area contributed by atoms with Crippen LogP contribution in [0.15, 0.2) is 11.6 Å². The van der Waals surface area contributed by atoms with Crippen LogP contribution in [0.25, 0.3) is 0 Å². The lowest BCUT2D eigenvalue weighted by atomic mass is 9.46. The molecule has 0 heterocycles. The summed E-state index contributed by atoms with van der Waals surface area (Å²) in [7, 11) is 4.00. The van der Waals surface area contributed by atoms with Crippen molar-refractivity contribution in [1.29, 1.82) is 0 Å². The van der Waals surface area contributed by atoms with Crippen LogP contribution in [0.4, 0.5) is 0 Å². The molecule has 3 fully saturated rings. The molecule has 0 radical (unpaired) electrons. The highest BCUT2D eigenvalue weighted by molar-refractivity contribution is 5.76. The van der Waals surface area contributed by atoms with Crippen LogP contribution >= 0.6 is 0 Å². The van der Waals surface area contributed by atoms with Crippen LogP contribution < -0.4 is 16.0 Å². The molecular weight excluding hydrogens is 516 g/mol. The van der Waals surface area contributed by atoms with Gasteiger partial charge in [-0.2, -0.15) is 0 Å². The summed E-state index contributed by atoms with van der Waals surface area (Å²) >= 11 is 0. The SMILES string of the molecule is CNCCN(CCNC)CCNC(=O)CC1CCC2(C)C(=CCC3C2CCC2(C)C(C(C)CCCC(C)C)CCC32)C1. The van der Waals surface area contributed by atoms with E-state index in [1.54, 1.807) is 5.57 Å². The first-order valence-electron chi connectivity index (χ1n) is 18.1. The molecule has 0 aromatic carbocycles. The van der Waals surface area contributed by atoms with Crippen molar-refractivity contribution < 1.29 is 4.79 Å². The van der Waals surface area contributed by atoms with Gasteiger partial charge in [-0.15, -0.1) is 0 Å². The lowest BCUT2D eigenvalue weighted by molar-refractivity contribution is -0.122. The van der Waals surface area contributed by atoms with E-state index in [4.69, 9.17) is 0 Å². The van der Waals surface area contributed by atoms with Gasteiger partial charge in [0.2, 0.25) is 5.91 Å². The Balaban J connectivity index is 1.29. The number of hydrogen-bond acceptors (Lipinski definition) is 4. The standard InChI is InChI=1S/C37H68N4O/c1-27(2)9-8-10-28(3)32-13-14-33-31-12-11-30-25-29(15-17-36(30,4)34(31)16-18-37(32,33)5)26-35(42)40-21-24-41(22-19-38-6)23-20-39-7/h11,27-29,31-34,38-39H,8-10,12-26H2,1-7H3,(H,40,42). The zero-order valence-corrected chi connectivity index (χ0v) is 28.7. The molecule has 8 atom stereocenters. The molecule has 3 N–H and O–H groups in total. The van der Waals surface area contributed by atoms with E-state index in [2.05, 4.69) is 61.5 Å². The van der Waals surface area contributed by atoms with Crippen molar-refractivity contribution in [3.8, 4) is 0 Å². The molecule has 4 aliphatic rings. The average Bonchev–Trinajstić information content (AvgIpc) is 3.31. The highest BCUT2D eigenvalue weighted by Crippen LogP contribution is 2.67. The Morgan fingerprint density at radius 3 is 2.33 bits per heavy atom. The van der Waals surface area contributed by atoms with E-state index in [0.29, 0.717) is 23.2 Å². The van der Waals surface area contributed by atoms with Gasteiger partial charge in [-0.3, -0.25) is 9.69 Å². The van der Waals surface area contributed by atoms with Gasteiger partial charge >= 0.3 is 0 Å². The van der Waals surface area contributed by atoms with Crippen LogP contribution in [0.3, 0.4) is 0 Å². The first kappa shape index (κ1) is 34.0. The third-order valence-electron chi connectivity index (χ3n) is 13.0. The number of nitrogens with one attached hydrogen (secondary N) is 3. The van der Waals surface area contributed by atoms with Crippen LogP contribution in [0.5, 0.6) is 0 Å². The maximum Gasteiger partial charge on any atom is 0.220 e. The van der Waals surface area contributed by atoms with Crippen molar-refractivity contribution in [1.82, 2.24) is 20.9 Å². The minimum Gasteiger partial charge on any atom is -0.355 e. The molecule has 4 aliphatic carbocycles. The lowest BCUT2D eigenvalue weighted by Crippen LogP contribution is -2.50. The molecule has 0 spiro atoms. The largest absolute Gasteiger partial charge is 0.355 e. The minimum atomic E-state index is 0.257. The van der Waals surface area contributed by atoms with Crippen molar-refractivity contribution in [2.24, 2.45) is 52.3 Å². The van der Waals surface area contributed by atoms with E-state index in [9.17, 15) is 4.79 Å². The molecule has 0 aromatic heterocycles. The Kier molecular flexibility index (Phi) is 12.4. The maximum absolute atomic E-state index is 13.0. The normalized spacial score (nSPS) is 35.0. The number of allylic oxidation sites excluding steroid dienone is 2. The predicted molar refractivity (Wildman–Crippen MR) is 178 cm³/mol. The number of rotatable bonds is 16. The second kappa shape index (κ2) is 15.4. The first-order valence-corrected chi connectivity index (χ1v) is 18.1. The number of nitrogens with zero attached hydrogens (tertiary/aromatic N) is 1. The first-order chi connectivity index (χ1) is 20.1. The summed E-state index contributed by atoms with van der Waals surface area (Å²) in [6.07, 6.45) is 18.4. The Labute approximate surface area is 260 Å². The summed E-state index contributed by atoms with van der Waals surface area (Å²) in [5.74, 6) is 6.10. The highest BCUT2D eigenvalue weighted by Gasteiger charge is 2.59. The van der Waals surface area contributed by atoms with Gasteiger partial charge in [0.25, 0.3) is 0 Å². The fourth-order valence-corrected chi connectivity index (χ4v) is 10.5. The smallest absolute Gasteiger partial charge is 0.220 e. The van der Waals surface area contributed by atoms with Gasteiger partial charge in [-0.1, -0.05) is 65.5 Å². The average molecular weight is 585 g/mol. The van der Waals surface area contributed by atoms with Crippen LogP contribution in [0.2, 0.25) is 0 Å². The quantitative estimate of drug-likeness (QED) is 0.173. The highest BCUT2D eigenvalue weighted by atomic mass is 16.1. The van der Waals surface area contributed by atoms with Crippen molar-refractivity contribution in [2.45, 2.75) is 112 Å². The topological polar surface area (TPSA) is 56.4 Å². The molecule has 0 bridgehead atoms. The van der Waals surface area contributed by atoms with Gasteiger partial charge in [-0.25, -0.2) is 0 Å². The van der Waals surface area contributed by atoms with Crippen molar-refractivity contribution in [3.63, 3.8) is 0 Å². The number of amides is 1. The van der Waals surface area contributed by atoms with E-state index in [1.807, 2.05) is 14.1 Å². The van der Waals surface area contributed by atoms with Crippen molar-refractivity contribution in [3.05, 3.63) is 11.6 Å². The summed E-state index contributed by atoms with van der Waals surface area (Å²) in [6, 6.07) is 0. The van der Waals surface area contributed by atoms with Crippen LogP contribution in [0, 0.1) is 52.3 Å². The number of hydrogen-bond donors (Lipinski definition) is 3. The molecule has 8 unspecified atom stereocenters.